The van der Waals surface area contributed by atoms with Gasteiger partial charge in [-0.25, -0.2) is 0 Å². The van der Waals surface area contributed by atoms with Crippen LogP contribution in [0.1, 0.15) is 60.3 Å². The zero-order valence-electron chi connectivity index (χ0n) is 15.7. The molecule has 5 nitrogen and oxygen atoms in total. The van der Waals surface area contributed by atoms with Crippen molar-refractivity contribution in [1.29, 1.82) is 0 Å². The minimum atomic E-state index is -0.213. The van der Waals surface area contributed by atoms with Crippen molar-refractivity contribution in [2.45, 2.75) is 60.3 Å². The van der Waals surface area contributed by atoms with Crippen LogP contribution in [0.5, 0.6) is 0 Å². The van der Waals surface area contributed by atoms with Crippen molar-refractivity contribution >= 4 is 17.7 Å². The molecule has 0 saturated heterocycles. The maximum atomic E-state index is 12.2. The van der Waals surface area contributed by atoms with E-state index >= 15 is 0 Å². The Morgan fingerprint density at radius 1 is 1.08 bits per heavy atom. The summed E-state index contributed by atoms with van der Waals surface area (Å²) in [7, 11) is 0. The van der Waals surface area contributed by atoms with E-state index in [-0.39, 0.29) is 29.1 Å². The van der Waals surface area contributed by atoms with Crippen LogP contribution in [-0.4, -0.2) is 35.7 Å². The Morgan fingerprint density at radius 2 is 1.58 bits per heavy atom. The third-order valence-electron chi connectivity index (χ3n) is 4.35. The van der Waals surface area contributed by atoms with Gasteiger partial charge in [-0.05, 0) is 37.0 Å². The lowest BCUT2D eigenvalue weighted by Gasteiger charge is -2.30. The van der Waals surface area contributed by atoms with E-state index in [1.165, 1.54) is 17.1 Å². The van der Waals surface area contributed by atoms with Crippen LogP contribution in [0.15, 0.2) is 12.2 Å². The van der Waals surface area contributed by atoms with E-state index in [0.717, 1.165) is 25.7 Å². The molecule has 1 saturated carbocycles. The lowest BCUT2D eigenvalue weighted by molar-refractivity contribution is -0.138. The molecule has 0 atom stereocenters. The van der Waals surface area contributed by atoms with Crippen LogP contribution in [0.2, 0.25) is 0 Å². The van der Waals surface area contributed by atoms with E-state index in [2.05, 4.69) is 26.1 Å². The Kier molecular flexibility index (Phi) is 7.64. The molecule has 0 aromatic carbocycles. The Labute approximate surface area is 145 Å². The number of rotatable bonds is 4. The Balaban J connectivity index is 0.00000139. The van der Waals surface area contributed by atoms with Crippen molar-refractivity contribution in [2.75, 3.05) is 13.1 Å². The molecule has 2 rings (SSSR count). The van der Waals surface area contributed by atoms with Crippen LogP contribution >= 0.6 is 0 Å². The molecule has 1 fully saturated rings. The molecule has 0 unspecified atom stereocenters. The molecular weight excluding hydrogens is 304 g/mol. The van der Waals surface area contributed by atoms with Crippen LogP contribution in [0.4, 0.5) is 0 Å². The largest absolute Gasteiger partial charge is 0.355 e. The molecule has 0 radical (unpaired) electrons. The molecule has 1 aliphatic heterocycles. The first-order valence-corrected chi connectivity index (χ1v) is 9.07. The van der Waals surface area contributed by atoms with Crippen molar-refractivity contribution in [3.8, 4) is 0 Å². The van der Waals surface area contributed by atoms with Crippen LogP contribution in [0.25, 0.3) is 0 Å². The van der Waals surface area contributed by atoms with Crippen LogP contribution in [0.3, 0.4) is 0 Å². The predicted octanol–water partition coefficient (Wildman–Crippen LogP) is 2.91. The topological polar surface area (TPSA) is 66.5 Å². The van der Waals surface area contributed by atoms with Gasteiger partial charge in [0.15, 0.2) is 0 Å². The average Bonchev–Trinajstić information content (AvgIpc) is 2.86. The number of carbonyl (C=O) groups excluding carboxylic acids is 3. The molecule has 1 N–H and O–H groups in total. The molecule has 136 valence electrons. The summed E-state index contributed by atoms with van der Waals surface area (Å²) < 4.78 is 0. The van der Waals surface area contributed by atoms with Crippen molar-refractivity contribution < 1.29 is 14.4 Å². The van der Waals surface area contributed by atoms with E-state index < -0.39 is 0 Å². The van der Waals surface area contributed by atoms with Gasteiger partial charge in [-0.2, -0.15) is 0 Å². The summed E-state index contributed by atoms with van der Waals surface area (Å²) in [6.45, 7) is 11.5. The molecule has 0 spiro atoms. The summed E-state index contributed by atoms with van der Waals surface area (Å²) in [4.78, 5) is 36.6. The van der Waals surface area contributed by atoms with Crippen molar-refractivity contribution in [1.82, 2.24) is 10.2 Å². The molecule has 2 aliphatic rings. The smallest absolute Gasteiger partial charge is 0.253 e. The van der Waals surface area contributed by atoms with Gasteiger partial charge < -0.3 is 5.32 Å². The molecule has 1 aliphatic carbocycles. The average molecular weight is 336 g/mol. The lowest BCUT2D eigenvalue weighted by Crippen LogP contribution is -2.40. The van der Waals surface area contributed by atoms with E-state index in [1.807, 2.05) is 13.8 Å². The Bertz CT molecular complexity index is 465. The van der Waals surface area contributed by atoms with Gasteiger partial charge >= 0.3 is 0 Å². The molecule has 5 heteroatoms. The van der Waals surface area contributed by atoms with Crippen molar-refractivity contribution in [2.24, 2.45) is 17.3 Å². The summed E-state index contributed by atoms with van der Waals surface area (Å²) >= 11 is 0. The van der Waals surface area contributed by atoms with Crippen LogP contribution in [-0.2, 0) is 14.4 Å². The lowest BCUT2D eigenvalue weighted by atomic mass is 9.81. The fourth-order valence-electron chi connectivity index (χ4n) is 2.97. The molecule has 0 bridgehead atoms. The Hall–Kier alpha value is -1.65. The highest BCUT2D eigenvalue weighted by Gasteiger charge is 2.31. The number of hydrogen-bond donors (Lipinski definition) is 1. The first-order chi connectivity index (χ1) is 11.3. The highest BCUT2D eigenvalue weighted by molar-refractivity contribution is 6.12. The third-order valence-corrected chi connectivity index (χ3v) is 4.35. The number of amides is 3. The fourth-order valence-corrected chi connectivity index (χ4v) is 2.97. The highest BCUT2D eigenvalue weighted by Crippen LogP contribution is 2.30. The van der Waals surface area contributed by atoms with E-state index in [9.17, 15) is 14.4 Å². The first kappa shape index (κ1) is 20.4. The monoisotopic (exact) mass is 336 g/mol. The molecule has 1 heterocycles. The quantitative estimate of drug-likeness (QED) is 0.803. The van der Waals surface area contributed by atoms with Crippen LogP contribution < -0.4 is 5.32 Å². The number of nitrogens with zero attached hydrogens (tertiary/aromatic N) is 1. The fraction of sp³-hybridized carbons (Fsp3) is 0.737. The number of imide groups is 1. The van der Waals surface area contributed by atoms with Gasteiger partial charge in [0.2, 0.25) is 5.91 Å². The highest BCUT2D eigenvalue weighted by atomic mass is 16.2. The summed E-state index contributed by atoms with van der Waals surface area (Å²) in [6, 6.07) is 0. The van der Waals surface area contributed by atoms with Crippen molar-refractivity contribution in [3.63, 3.8) is 0 Å². The zero-order chi connectivity index (χ0) is 18.3. The zero-order valence-corrected chi connectivity index (χ0v) is 15.7. The standard InChI is InChI=1S/C17H26N2O3.C2H6/c1-17(2,3)11-18-16(22)13-6-4-12(5-7-13)10-19-14(20)8-9-15(19)21;1-2/h8-9,12-13H,4-7,10-11H2,1-3H3,(H,18,22);1-2H3. The summed E-state index contributed by atoms with van der Waals surface area (Å²) in [6.07, 6.45) is 6.12. The van der Waals surface area contributed by atoms with Gasteiger partial charge in [0.1, 0.15) is 0 Å². The second-order valence-electron chi connectivity index (χ2n) is 7.62. The molecule has 24 heavy (non-hydrogen) atoms. The van der Waals surface area contributed by atoms with Crippen LogP contribution in [0, 0.1) is 17.3 Å². The SMILES string of the molecule is CC.CC(C)(C)CNC(=O)C1CCC(CN2C(=O)C=CC2=O)CC1. The second kappa shape index (κ2) is 9.00. The molecule has 0 aromatic heterocycles. The minimum absolute atomic E-state index is 0.0710. The molecule has 3 amide bonds. The second-order valence-corrected chi connectivity index (χ2v) is 7.62. The third kappa shape index (κ3) is 6.10. The summed E-state index contributed by atoms with van der Waals surface area (Å²) in [5.41, 5.74) is 0.0936. The van der Waals surface area contributed by atoms with Gasteiger partial charge in [-0.15, -0.1) is 0 Å². The van der Waals surface area contributed by atoms with E-state index in [1.54, 1.807) is 0 Å². The number of carbonyl (C=O) groups is 3. The van der Waals surface area contributed by atoms with Gasteiger partial charge in [0.25, 0.3) is 11.8 Å². The van der Waals surface area contributed by atoms with Gasteiger partial charge in [0.05, 0.1) is 0 Å². The van der Waals surface area contributed by atoms with Gasteiger partial charge in [-0.3, -0.25) is 19.3 Å². The first-order valence-electron chi connectivity index (χ1n) is 9.07. The van der Waals surface area contributed by atoms with E-state index in [0.29, 0.717) is 19.0 Å². The summed E-state index contributed by atoms with van der Waals surface area (Å²) in [5.74, 6) is 0.106. The molecule has 0 aromatic rings. The predicted molar refractivity (Wildman–Crippen MR) is 95.1 cm³/mol. The minimum Gasteiger partial charge on any atom is -0.355 e. The maximum Gasteiger partial charge on any atom is 0.253 e. The normalized spacial score (nSPS) is 23.8. The van der Waals surface area contributed by atoms with E-state index in [4.69, 9.17) is 0 Å². The van der Waals surface area contributed by atoms with Gasteiger partial charge in [-0.1, -0.05) is 34.6 Å². The number of hydrogen-bond acceptors (Lipinski definition) is 3. The van der Waals surface area contributed by atoms with Gasteiger partial charge in [0, 0.05) is 31.2 Å². The summed E-state index contributed by atoms with van der Waals surface area (Å²) in [5, 5.41) is 3.03. The number of nitrogens with one attached hydrogen (secondary N) is 1. The Morgan fingerprint density at radius 3 is 2.04 bits per heavy atom. The van der Waals surface area contributed by atoms with Crippen molar-refractivity contribution in [3.05, 3.63) is 12.2 Å². The maximum absolute atomic E-state index is 12.2. The molecular formula is C19H32N2O3.